The Labute approximate surface area is 165 Å². The first-order valence-corrected chi connectivity index (χ1v) is 8.99. The number of pyridine rings is 1. The summed E-state index contributed by atoms with van der Waals surface area (Å²) in [5.41, 5.74) is 3.42. The minimum atomic E-state index is -1.62. The molecule has 152 valence electrons. The Balaban J connectivity index is 1.64. The van der Waals surface area contributed by atoms with Gasteiger partial charge >= 0.3 is 0 Å². The van der Waals surface area contributed by atoms with Gasteiger partial charge in [-0.1, -0.05) is 6.07 Å². The minimum Gasteiger partial charge on any atom is -0.394 e. The highest BCUT2D eigenvalue weighted by Gasteiger charge is 2.52. The lowest BCUT2D eigenvalue weighted by Crippen LogP contribution is -2.46. The lowest BCUT2D eigenvalue weighted by molar-refractivity contribution is -0.0804. The van der Waals surface area contributed by atoms with E-state index in [1.54, 1.807) is 6.20 Å². The topological polar surface area (TPSA) is 151 Å². The van der Waals surface area contributed by atoms with Crippen LogP contribution in [0.25, 0.3) is 11.2 Å². The SMILES string of the molecule is CC(=NNc1ncnc2c1ncn2C1O[C@H](CO)[C@@](C)(O)[C@H]1O)c1ccccn1. The van der Waals surface area contributed by atoms with E-state index in [4.69, 9.17) is 4.74 Å². The van der Waals surface area contributed by atoms with E-state index in [0.717, 1.165) is 5.69 Å². The summed E-state index contributed by atoms with van der Waals surface area (Å²) >= 11 is 0. The molecule has 0 bridgehead atoms. The largest absolute Gasteiger partial charge is 0.394 e. The molecule has 0 amide bonds. The molecule has 1 aliphatic rings. The Hall–Kier alpha value is -2.99. The molecule has 4 heterocycles. The number of aliphatic hydroxyl groups excluding tert-OH is 2. The number of rotatable bonds is 5. The molecule has 11 heteroatoms. The van der Waals surface area contributed by atoms with Gasteiger partial charge in [0, 0.05) is 6.20 Å². The smallest absolute Gasteiger partial charge is 0.177 e. The minimum absolute atomic E-state index is 0.363. The van der Waals surface area contributed by atoms with Gasteiger partial charge in [-0.25, -0.2) is 15.0 Å². The van der Waals surface area contributed by atoms with Crippen molar-refractivity contribution in [3.63, 3.8) is 0 Å². The fraction of sp³-hybridized carbons (Fsp3) is 0.389. The fourth-order valence-electron chi connectivity index (χ4n) is 3.20. The standard InChI is InChI=1S/C18H21N7O4/c1-10(11-5-3-4-6-19-11)23-24-15-13-16(21-8-20-15)25(9-22-13)17-14(27)18(2,28)12(7-26)29-17/h3-6,8-9,12,14,17,26-28H,7H2,1-2H3,(H,20,21,24)/t12-,14+,17?,18-/m1/s1. The summed E-state index contributed by atoms with van der Waals surface area (Å²) in [5.74, 6) is 0.363. The summed E-state index contributed by atoms with van der Waals surface area (Å²) < 4.78 is 7.14. The number of aliphatic hydroxyl groups is 3. The second kappa shape index (κ2) is 7.44. The number of anilines is 1. The van der Waals surface area contributed by atoms with Crippen LogP contribution in [0.1, 0.15) is 25.8 Å². The number of hydrogen-bond donors (Lipinski definition) is 4. The molecule has 4 rings (SSSR count). The molecule has 3 aromatic rings. The van der Waals surface area contributed by atoms with Crippen molar-refractivity contribution < 1.29 is 20.1 Å². The van der Waals surface area contributed by atoms with Crippen LogP contribution in [0.3, 0.4) is 0 Å². The highest BCUT2D eigenvalue weighted by atomic mass is 16.6. The number of imidazole rings is 1. The van der Waals surface area contributed by atoms with E-state index < -0.39 is 30.6 Å². The summed E-state index contributed by atoms with van der Waals surface area (Å²) in [6.07, 6.45) is 1.26. The normalized spacial score (nSPS) is 27.5. The highest BCUT2D eigenvalue weighted by Crippen LogP contribution is 2.38. The molecule has 4 N–H and O–H groups in total. The summed E-state index contributed by atoms with van der Waals surface area (Å²) in [5, 5.41) is 34.7. The van der Waals surface area contributed by atoms with Crippen LogP contribution in [0, 0.1) is 0 Å². The highest BCUT2D eigenvalue weighted by molar-refractivity contribution is 5.97. The van der Waals surface area contributed by atoms with E-state index in [2.05, 4.69) is 30.5 Å². The second-order valence-electron chi connectivity index (χ2n) is 6.94. The molecule has 1 fully saturated rings. The summed E-state index contributed by atoms with van der Waals surface area (Å²) in [4.78, 5) is 16.9. The van der Waals surface area contributed by atoms with Crippen LogP contribution in [-0.2, 0) is 4.74 Å². The number of fused-ring (bicyclic) bond motifs is 1. The number of hydrogen-bond acceptors (Lipinski definition) is 10. The van der Waals surface area contributed by atoms with Crippen molar-refractivity contribution in [3.05, 3.63) is 42.7 Å². The van der Waals surface area contributed by atoms with Crippen LogP contribution in [0.5, 0.6) is 0 Å². The first-order valence-electron chi connectivity index (χ1n) is 8.99. The van der Waals surface area contributed by atoms with Crippen LogP contribution in [-0.4, -0.2) is 70.0 Å². The molecule has 0 saturated carbocycles. The second-order valence-corrected chi connectivity index (χ2v) is 6.94. The number of nitrogens with zero attached hydrogens (tertiary/aromatic N) is 6. The molecule has 0 aliphatic carbocycles. The van der Waals surface area contributed by atoms with Gasteiger partial charge in [-0.05, 0) is 26.0 Å². The molecule has 11 nitrogen and oxygen atoms in total. The molecule has 0 aromatic carbocycles. The number of aromatic nitrogens is 5. The molecule has 1 unspecified atom stereocenters. The first-order chi connectivity index (χ1) is 13.9. The van der Waals surface area contributed by atoms with E-state index in [9.17, 15) is 15.3 Å². The van der Waals surface area contributed by atoms with Crippen molar-refractivity contribution in [2.75, 3.05) is 12.0 Å². The predicted octanol–water partition coefficient (Wildman–Crippen LogP) is 0.0590. The van der Waals surface area contributed by atoms with Gasteiger partial charge in [0.1, 0.15) is 24.1 Å². The molecular formula is C18H21N7O4. The van der Waals surface area contributed by atoms with Crippen molar-refractivity contribution in [1.29, 1.82) is 0 Å². The van der Waals surface area contributed by atoms with Gasteiger partial charge < -0.3 is 20.1 Å². The van der Waals surface area contributed by atoms with Gasteiger partial charge in [0.05, 0.1) is 24.3 Å². The monoisotopic (exact) mass is 399 g/mol. The Morgan fingerprint density at radius 3 is 2.83 bits per heavy atom. The zero-order valence-electron chi connectivity index (χ0n) is 15.8. The average molecular weight is 399 g/mol. The Morgan fingerprint density at radius 1 is 1.31 bits per heavy atom. The van der Waals surface area contributed by atoms with Crippen LogP contribution in [0.15, 0.2) is 42.2 Å². The Bertz CT molecular complexity index is 1040. The van der Waals surface area contributed by atoms with Gasteiger partial charge in [-0.2, -0.15) is 5.10 Å². The number of hydrazone groups is 1. The number of ether oxygens (including phenoxy) is 1. The van der Waals surface area contributed by atoms with Crippen LogP contribution >= 0.6 is 0 Å². The summed E-state index contributed by atoms with van der Waals surface area (Å²) in [6.45, 7) is 2.79. The van der Waals surface area contributed by atoms with Crippen LogP contribution in [0.4, 0.5) is 5.82 Å². The van der Waals surface area contributed by atoms with E-state index in [0.29, 0.717) is 22.7 Å². The van der Waals surface area contributed by atoms with Gasteiger partial charge in [0.15, 0.2) is 23.2 Å². The van der Waals surface area contributed by atoms with E-state index in [1.165, 1.54) is 24.1 Å². The zero-order chi connectivity index (χ0) is 20.6. The van der Waals surface area contributed by atoms with Gasteiger partial charge in [-0.15, -0.1) is 0 Å². The van der Waals surface area contributed by atoms with Gasteiger partial charge in [0.2, 0.25) is 0 Å². The third kappa shape index (κ3) is 3.34. The molecular weight excluding hydrogens is 378 g/mol. The maximum Gasteiger partial charge on any atom is 0.177 e. The van der Waals surface area contributed by atoms with Crippen molar-refractivity contribution in [1.82, 2.24) is 24.5 Å². The van der Waals surface area contributed by atoms with Crippen molar-refractivity contribution in [2.45, 2.75) is 37.9 Å². The maximum absolute atomic E-state index is 10.5. The molecule has 4 atom stereocenters. The average Bonchev–Trinajstić information content (AvgIpc) is 3.26. The van der Waals surface area contributed by atoms with E-state index >= 15 is 0 Å². The third-order valence-electron chi connectivity index (χ3n) is 4.99. The molecule has 0 radical (unpaired) electrons. The first kappa shape index (κ1) is 19.3. The van der Waals surface area contributed by atoms with E-state index in [-0.39, 0.29) is 0 Å². The Morgan fingerprint density at radius 2 is 2.14 bits per heavy atom. The van der Waals surface area contributed by atoms with E-state index in [1.807, 2.05) is 25.1 Å². The molecule has 3 aromatic heterocycles. The zero-order valence-corrected chi connectivity index (χ0v) is 15.8. The Kier molecular flexibility index (Phi) is 4.96. The van der Waals surface area contributed by atoms with Crippen LogP contribution in [0.2, 0.25) is 0 Å². The quantitative estimate of drug-likeness (QED) is 0.345. The third-order valence-corrected chi connectivity index (χ3v) is 4.99. The number of nitrogens with one attached hydrogen (secondary N) is 1. The molecule has 0 spiro atoms. The maximum atomic E-state index is 10.5. The fourth-order valence-corrected chi connectivity index (χ4v) is 3.20. The van der Waals surface area contributed by atoms with Crippen molar-refractivity contribution in [3.8, 4) is 0 Å². The van der Waals surface area contributed by atoms with Gasteiger partial charge in [-0.3, -0.25) is 15.0 Å². The molecule has 1 aliphatic heterocycles. The lowest BCUT2D eigenvalue weighted by atomic mass is 9.95. The lowest BCUT2D eigenvalue weighted by Gasteiger charge is -2.25. The van der Waals surface area contributed by atoms with Crippen molar-refractivity contribution >= 4 is 22.7 Å². The molecule has 1 saturated heterocycles. The van der Waals surface area contributed by atoms with Crippen molar-refractivity contribution in [2.24, 2.45) is 5.10 Å². The summed E-state index contributed by atoms with van der Waals surface area (Å²) in [6, 6.07) is 5.53. The molecule has 29 heavy (non-hydrogen) atoms. The predicted molar refractivity (Wildman–Crippen MR) is 103 cm³/mol. The summed E-state index contributed by atoms with van der Waals surface area (Å²) in [7, 11) is 0. The van der Waals surface area contributed by atoms with Crippen LogP contribution < -0.4 is 5.43 Å². The van der Waals surface area contributed by atoms with Gasteiger partial charge in [0.25, 0.3) is 0 Å².